The van der Waals surface area contributed by atoms with Gasteiger partial charge in [0, 0.05) is 49.6 Å². The van der Waals surface area contributed by atoms with Crippen LogP contribution in [0, 0.1) is 0 Å². The molecule has 2 amide bonds. The lowest BCUT2D eigenvalue weighted by atomic mass is 10.0. The number of fused-ring (bicyclic) bond motifs is 2. The van der Waals surface area contributed by atoms with Crippen LogP contribution < -0.4 is 14.5 Å². The number of carboxylic acid groups (broad SMARTS) is 1. The lowest BCUT2D eigenvalue weighted by Gasteiger charge is -2.42. The number of piperidine rings is 1. The van der Waals surface area contributed by atoms with Crippen LogP contribution in [-0.4, -0.2) is 53.4 Å². The summed E-state index contributed by atoms with van der Waals surface area (Å²) in [5, 5.41) is 12.1. The number of hydrogen-bond donors (Lipinski definition) is 1. The molecule has 1 atom stereocenters. The zero-order chi connectivity index (χ0) is 29.4. The van der Waals surface area contributed by atoms with Crippen molar-refractivity contribution in [2.24, 2.45) is 0 Å². The molecular weight excluding hydrogens is 575 g/mol. The van der Waals surface area contributed by atoms with E-state index in [1.54, 1.807) is 41.2 Å². The van der Waals surface area contributed by atoms with E-state index in [1.165, 1.54) is 0 Å². The van der Waals surface area contributed by atoms with Gasteiger partial charge in [-0.2, -0.15) is 0 Å². The van der Waals surface area contributed by atoms with Crippen LogP contribution in [0.4, 0.5) is 21.0 Å². The van der Waals surface area contributed by atoms with Crippen LogP contribution in [0.5, 0.6) is 5.75 Å². The van der Waals surface area contributed by atoms with Crippen LogP contribution in [0.25, 0.3) is 10.8 Å². The quantitative estimate of drug-likeness (QED) is 0.185. The summed E-state index contributed by atoms with van der Waals surface area (Å²) in [6, 6.07) is 18.5. The highest BCUT2D eigenvalue weighted by Gasteiger charge is 2.37. The fourth-order valence-electron chi connectivity index (χ4n) is 6.21. The number of nitrogens with zero attached hydrogens (tertiary/aromatic N) is 4. The van der Waals surface area contributed by atoms with Gasteiger partial charge < -0.3 is 19.6 Å². The molecule has 8 nitrogen and oxygen atoms in total. The van der Waals surface area contributed by atoms with Gasteiger partial charge in [-0.3, -0.25) is 9.88 Å². The topological polar surface area (TPSA) is 86.2 Å². The van der Waals surface area contributed by atoms with E-state index in [4.69, 9.17) is 33.0 Å². The second-order valence-corrected chi connectivity index (χ2v) is 11.5. The van der Waals surface area contributed by atoms with E-state index in [-0.39, 0.29) is 23.9 Å². The van der Waals surface area contributed by atoms with Crippen LogP contribution in [0.15, 0.2) is 73.1 Å². The number of hydrogen-bond acceptors (Lipinski definition) is 5. The maximum absolute atomic E-state index is 14.4. The Bertz CT molecular complexity index is 1660. The first-order valence-electron chi connectivity index (χ1n) is 13.9. The number of ether oxygens (including phenoxy) is 1. The highest BCUT2D eigenvalue weighted by molar-refractivity contribution is 6.44. The molecule has 216 valence electrons. The zero-order valence-corrected chi connectivity index (χ0v) is 24.6. The van der Waals surface area contributed by atoms with Crippen molar-refractivity contribution in [2.45, 2.75) is 37.8 Å². The summed E-state index contributed by atoms with van der Waals surface area (Å²) < 4.78 is 4.90. The molecule has 10 heteroatoms. The summed E-state index contributed by atoms with van der Waals surface area (Å²) in [6.07, 6.45) is 5.29. The van der Waals surface area contributed by atoms with Crippen LogP contribution in [0.1, 0.15) is 36.4 Å². The van der Waals surface area contributed by atoms with Crippen molar-refractivity contribution in [3.63, 3.8) is 0 Å². The van der Waals surface area contributed by atoms with E-state index >= 15 is 0 Å². The molecule has 1 aliphatic heterocycles. The zero-order valence-electron chi connectivity index (χ0n) is 23.0. The van der Waals surface area contributed by atoms with Gasteiger partial charge in [-0.25, -0.2) is 9.59 Å². The average molecular weight is 606 g/mol. The van der Waals surface area contributed by atoms with Crippen molar-refractivity contribution < 1.29 is 19.4 Å². The molecule has 4 aromatic rings. The third kappa shape index (κ3) is 5.44. The lowest BCUT2D eigenvalue weighted by Crippen LogP contribution is -2.52. The van der Waals surface area contributed by atoms with E-state index in [1.807, 2.05) is 30.5 Å². The van der Waals surface area contributed by atoms with Crippen molar-refractivity contribution >= 4 is 57.5 Å². The number of halogens is 2. The van der Waals surface area contributed by atoms with Gasteiger partial charge in [-0.1, -0.05) is 41.4 Å². The minimum Gasteiger partial charge on any atom is -0.449 e. The van der Waals surface area contributed by atoms with Crippen molar-refractivity contribution in [1.29, 1.82) is 0 Å². The molecule has 3 aromatic carbocycles. The molecule has 42 heavy (non-hydrogen) atoms. The van der Waals surface area contributed by atoms with E-state index < -0.39 is 6.16 Å². The predicted molar refractivity (Wildman–Crippen MR) is 165 cm³/mol. The number of anilines is 2. The first-order chi connectivity index (χ1) is 20.3. The summed E-state index contributed by atoms with van der Waals surface area (Å²) in [7, 11) is 1.79. The number of aromatic nitrogens is 1. The Kier molecular flexibility index (Phi) is 7.84. The second-order valence-electron chi connectivity index (χ2n) is 10.7. The summed E-state index contributed by atoms with van der Waals surface area (Å²) >= 11 is 13.1. The number of amides is 2. The standard InChI is InChI=1S/C32H30Cl2N4O4/c1-36(28-10-7-20-6-9-25(18-26(20)28)42-32(40)41)31(39)38(29-4-2-3-27(33)30(29)34)23-12-15-37(16-13-23)24-8-5-22-19-35-14-11-21(22)17-24/h2-6,8-9,11,14,17-19,23,28H,7,10,12-13,15-16H2,1H3,(H,40,41). The summed E-state index contributed by atoms with van der Waals surface area (Å²) in [4.78, 5) is 35.6. The summed E-state index contributed by atoms with van der Waals surface area (Å²) in [5.41, 5.74) is 3.69. The number of pyridine rings is 1. The van der Waals surface area contributed by atoms with Gasteiger partial charge in [0.15, 0.2) is 0 Å². The number of carbonyl (C=O) groups excluding carboxylic acids is 1. The minimum absolute atomic E-state index is 0.0978. The number of aryl methyl sites for hydroxylation is 1. The molecular formula is C32H30Cl2N4O4. The average Bonchev–Trinajstić information content (AvgIpc) is 3.42. The molecule has 2 heterocycles. The Morgan fingerprint density at radius 2 is 1.81 bits per heavy atom. The van der Waals surface area contributed by atoms with Gasteiger partial charge in [0.2, 0.25) is 0 Å². The van der Waals surface area contributed by atoms with E-state index in [9.17, 15) is 9.59 Å². The maximum atomic E-state index is 14.4. The van der Waals surface area contributed by atoms with Gasteiger partial charge in [0.1, 0.15) is 5.75 Å². The highest BCUT2D eigenvalue weighted by atomic mass is 35.5. The third-order valence-electron chi connectivity index (χ3n) is 8.35. The van der Waals surface area contributed by atoms with Gasteiger partial charge in [-0.05, 0) is 84.7 Å². The summed E-state index contributed by atoms with van der Waals surface area (Å²) in [6.45, 7) is 1.55. The largest absolute Gasteiger partial charge is 0.511 e. The number of rotatable bonds is 5. The van der Waals surface area contributed by atoms with Crippen molar-refractivity contribution in [1.82, 2.24) is 9.88 Å². The fraction of sp³-hybridized carbons (Fsp3) is 0.281. The highest BCUT2D eigenvalue weighted by Crippen LogP contribution is 2.41. The Morgan fingerprint density at radius 3 is 2.60 bits per heavy atom. The maximum Gasteiger partial charge on any atom is 0.511 e. The predicted octanol–water partition coefficient (Wildman–Crippen LogP) is 7.81. The van der Waals surface area contributed by atoms with Gasteiger partial charge >= 0.3 is 12.2 Å². The molecule has 1 N–H and O–H groups in total. The van der Waals surface area contributed by atoms with Crippen molar-refractivity contribution in [3.05, 3.63) is 94.2 Å². The van der Waals surface area contributed by atoms with Gasteiger partial charge in [0.25, 0.3) is 0 Å². The molecule has 0 saturated carbocycles. The number of carbonyl (C=O) groups is 2. The van der Waals surface area contributed by atoms with E-state index in [0.717, 1.165) is 66.4 Å². The van der Waals surface area contributed by atoms with Crippen LogP contribution in [0.3, 0.4) is 0 Å². The molecule has 1 aliphatic carbocycles. The van der Waals surface area contributed by atoms with Crippen LogP contribution in [-0.2, 0) is 6.42 Å². The Morgan fingerprint density at radius 1 is 1.00 bits per heavy atom. The van der Waals surface area contributed by atoms with E-state index in [2.05, 4.69) is 28.1 Å². The molecule has 0 spiro atoms. The molecule has 6 rings (SSSR count). The van der Waals surface area contributed by atoms with Crippen molar-refractivity contribution in [2.75, 3.05) is 29.9 Å². The molecule has 1 aromatic heterocycles. The Hall–Kier alpha value is -4.01. The smallest absolute Gasteiger partial charge is 0.449 e. The molecule has 1 fully saturated rings. The van der Waals surface area contributed by atoms with Crippen LogP contribution in [0.2, 0.25) is 10.0 Å². The summed E-state index contributed by atoms with van der Waals surface area (Å²) in [5.74, 6) is 0.237. The second kappa shape index (κ2) is 11.7. The molecule has 1 saturated heterocycles. The first kappa shape index (κ1) is 28.1. The Labute approximate surface area is 254 Å². The number of benzene rings is 3. The SMILES string of the molecule is CN(C(=O)N(c1cccc(Cl)c1Cl)C1CCN(c2ccc3cnccc3c2)CC1)C1CCc2ccc(OC(=O)O)cc21. The normalized spacial score (nSPS) is 16.7. The fourth-order valence-corrected chi connectivity index (χ4v) is 6.60. The molecule has 2 aliphatic rings. The molecule has 0 radical (unpaired) electrons. The van der Waals surface area contributed by atoms with Gasteiger partial charge in [-0.15, -0.1) is 0 Å². The molecule has 1 unspecified atom stereocenters. The third-order valence-corrected chi connectivity index (χ3v) is 9.16. The Balaban J connectivity index is 1.26. The lowest BCUT2D eigenvalue weighted by molar-refractivity contribution is 0.144. The van der Waals surface area contributed by atoms with Crippen molar-refractivity contribution in [3.8, 4) is 5.75 Å². The first-order valence-corrected chi connectivity index (χ1v) is 14.7. The minimum atomic E-state index is -1.37. The molecule has 0 bridgehead atoms. The van der Waals surface area contributed by atoms with Crippen LogP contribution >= 0.6 is 23.2 Å². The van der Waals surface area contributed by atoms with Gasteiger partial charge in [0.05, 0.1) is 21.8 Å². The monoisotopic (exact) mass is 604 g/mol. The number of urea groups is 1. The van der Waals surface area contributed by atoms with E-state index in [0.29, 0.717) is 15.7 Å².